The first kappa shape index (κ1) is 22.0. The van der Waals surface area contributed by atoms with Gasteiger partial charge in [0.2, 0.25) is 15.9 Å². The maximum Gasteiger partial charge on any atom is 0.265 e. The monoisotopic (exact) mass is 451 g/mol. The highest BCUT2D eigenvalue weighted by Crippen LogP contribution is 2.36. The number of nitrogens with zero attached hydrogens (tertiary/aromatic N) is 3. The van der Waals surface area contributed by atoms with E-state index in [0.29, 0.717) is 50.8 Å². The van der Waals surface area contributed by atoms with Gasteiger partial charge < -0.3 is 14.4 Å². The molecule has 2 fully saturated rings. The second kappa shape index (κ2) is 8.76. The number of benzene rings is 1. The van der Waals surface area contributed by atoms with Crippen LogP contribution in [0.5, 0.6) is 5.75 Å². The quantitative estimate of drug-likeness (QED) is 0.676. The van der Waals surface area contributed by atoms with Crippen LogP contribution < -0.4 is 9.64 Å². The lowest BCUT2D eigenvalue weighted by molar-refractivity contribution is -0.135. The van der Waals surface area contributed by atoms with E-state index >= 15 is 0 Å². The van der Waals surface area contributed by atoms with Crippen LogP contribution in [-0.4, -0.2) is 82.0 Å². The number of anilines is 1. The number of hydrogen-bond acceptors (Lipinski definition) is 6. The molecule has 31 heavy (non-hydrogen) atoms. The molecule has 10 heteroatoms. The third-order valence-corrected chi connectivity index (χ3v) is 7.83. The van der Waals surface area contributed by atoms with E-state index in [9.17, 15) is 18.0 Å². The van der Waals surface area contributed by atoms with Crippen LogP contribution in [0.1, 0.15) is 20.3 Å². The van der Waals surface area contributed by atoms with Crippen LogP contribution in [0.3, 0.4) is 0 Å². The molecule has 2 unspecified atom stereocenters. The van der Waals surface area contributed by atoms with Gasteiger partial charge in [-0.2, -0.15) is 4.31 Å². The molecule has 2 atom stereocenters. The maximum absolute atomic E-state index is 13.3. The van der Waals surface area contributed by atoms with Crippen molar-refractivity contribution in [1.82, 2.24) is 9.21 Å². The zero-order chi connectivity index (χ0) is 22.2. The number of carbonyl (C=O) groups is 2. The van der Waals surface area contributed by atoms with Crippen molar-refractivity contribution in [3.8, 4) is 5.75 Å². The van der Waals surface area contributed by atoms with Gasteiger partial charge in [0.25, 0.3) is 5.91 Å². The Morgan fingerprint density at radius 2 is 1.81 bits per heavy atom. The van der Waals surface area contributed by atoms with Crippen molar-refractivity contribution in [2.45, 2.75) is 25.2 Å². The Labute approximate surface area is 182 Å². The van der Waals surface area contributed by atoms with E-state index in [1.807, 2.05) is 0 Å². The van der Waals surface area contributed by atoms with Crippen LogP contribution >= 0.6 is 0 Å². The van der Waals surface area contributed by atoms with Crippen molar-refractivity contribution in [2.75, 3.05) is 57.4 Å². The number of hydrogen-bond donors (Lipinski definition) is 0. The van der Waals surface area contributed by atoms with Gasteiger partial charge in [-0.15, -0.1) is 0 Å². The van der Waals surface area contributed by atoms with E-state index in [2.05, 4.69) is 13.8 Å². The fourth-order valence-corrected chi connectivity index (χ4v) is 6.21. The van der Waals surface area contributed by atoms with Crippen LogP contribution in [0.15, 0.2) is 23.1 Å². The number of morpholine rings is 1. The van der Waals surface area contributed by atoms with Gasteiger partial charge in [-0.3, -0.25) is 14.5 Å². The number of piperidine rings is 1. The summed E-state index contributed by atoms with van der Waals surface area (Å²) < 4.78 is 38.9. The largest absolute Gasteiger partial charge is 0.482 e. The second-order valence-corrected chi connectivity index (χ2v) is 10.6. The third kappa shape index (κ3) is 4.56. The minimum absolute atomic E-state index is 0.106. The molecule has 3 aliphatic rings. The maximum atomic E-state index is 13.3. The molecular weight excluding hydrogens is 422 g/mol. The highest BCUT2D eigenvalue weighted by molar-refractivity contribution is 7.89. The number of ether oxygens (including phenoxy) is 2. The van der Waals surface area contributed by atoms with Crippen molar-refractivity contribution < 1.29 is 27.5 Å². The van der Waals surface area contributed by atoms with Crippen molar-refractivity contribution in [3.05, 3.63) is 18.2 Å². The fourth-order valence-electron chi connectivity index (χ4n) is 4.51. The molecule has 0 aromatic heterocycles. The first-order chi connectivity index (χ1) is 14.8. The van der Waals surface area contributed by atoms with E-state index < -0.39 is 10.0 Å². The van der Waals surface area contributed by atoms with Crippen molar-refractivity contribution in [2.24, 2.45) is 11.8 Å². The lowest BCUT2D eigenvalue weighted by Crippen LogP contribution is -2.49. The molecule has 0 radical (unpaired) electrons. The SMILES string of the molecule is CC1CC(C)CN(S(=O)(=O)c2ccc3c(c2)N(CC(=O)N2CCOCC2)C(=O)CO3)C1. The molecule has 9 nitrogen and oxygen atoms in total. The van der Waals surface area contributed by atoms with Crippen molar-refractivity contribution in [1.29, 1.82) is 0 Å². The first-order valence-electron chi connectivity index (χ1n) is 10.7. The molecule has 170 valence electrons. The fraction of sp³-hybridized carbons (Fsp3) is 0.619. The molecule has 3 aliphatic heterocycles. The number of amides is 2. The smallest absolute Gasteiger partial charge is 0.265 e. The number of rotatable bonds is 4. The summed E-state index contributed by atoms with van der Waals surface area (Å²) in [4.78, 5) is 28.4. The van der Waals surface area contributed by atoms with Crippen LogP contribution in [0.2, 0.25) is 0 Å². The van der Waals surface area contributed by atoms with E-state index in [1.54, 1.807) is 11.0 Å². The van der Waals surface area contributed by atoms with Gasteiger partial charge in [0.15, 0.2) is 6.61 Å². The molecule has 1 aromatic rings. The predicted molar refractivity (Wildman–Crippen MR) is 113 cm³/mol. The van der Waals surface area contributed by atoms with E-state index in [1.165, 1.54) is 21.3 Å². The number of carbonyl (C=O) groups excluding carboxylic acids is 2. The molecule has 0 spiro atoms. The molecule has 0 aliphatic carbocycles. The predicted octanol–water partition coefficient (Wildman–Crippen LogP) is 0.937. The van der Waals surface area contributed by atoms with E-state index in [-0.39, 0.29) is 41.7 Å². The molecule has 2 amide bonds. The third-order valence-electron chi connectivity index (χ3n) is 6.00. The van der Waals surface area contributed by atoms with Crippen LogP contribution in [0, 0.1) is 11.8 Å². The molecule has 1 aromatic carbocycles. The van der Waals surface area contributed by atoms with Crippen molar-refractivity contribution in [3.63, 3.8) is 0 Å². The molecule has 0 bridgehead atoms. The highest BCUT2D eigenvalue weighted by atomic mass is 32.2. The molecule has 0 saturated carbocycles. The van der Waals surface area contributed by atoms with Gasteiger partial charge in [0.1, 0.15) is 12.3 Å². The van der Waals surface area contributed by atoms with Gasteiger partial charge in [-0.25, -0.2) is 8.42 Å². The number of sulfonamides is 1. The summed E-state index contributed by atoms with van der Waals surface area (Å²) in [7, 11) is -3.72. The Bertz CT molecular complexity index is 950. The average molecular weight is 452 g/mol. The van der Waals surface area contributed by atoms with Crippen molar-refractivity contribution >= 4 is 27.5 Å². The van der Waals surface area contributed by atoms with Gasteiger partial charge in [-0.1, -0.05) is 13.8 Å². The summed E-state index contributed by atoms with van der Waals surface area (Å²) in [6.45, 7) is 6.59. The zero-order valence-electron chi connectivity index (χ0n) is 18.0. The summed E-state index contributed by atoms with van der Waals surface area (Å²) in [5.74, 6) is 0.390. The van der Waals surface area contributed by atoms with E-state index in [0.717, 1.165) is 6.42 Å². The van der Waals surface area contributed by atoms with Crippen LogP contribution in [0.25, 0.3) is 0 Å². The normalized spacial score (nSPS) is 25.2. The Kier molecular flexibility index (Phi) is 6.23. The minimum atomic E-state index is -3.72. The molecule has 4 rings (SSSR count). The van der Waals surface area contributed by atoms with Gasteiger partial charge in [-0.05, 0) is 36.5 Å². The molecular formula is C21H29N3O6S. The standard InChI is InChI=1S/C21H29N3O6S/c1-15-9-16(2)12-23(11-15)31(27,28)17-3-4-19-18(10-17)24(21(26)14-30-19)13-20(25)22-5-7-29-8-6-22/h3-4,10,15-16H,5-9,11-14H2,1-2H3. The lowest BCUT2D eigenvalue weighted by Gasteiger charge is -2.35. The summed E-state index contributed by atoms with van der Waals surface area (Å²) >= 11 is 0. The Morgan fingerprint density at radius 1 is 1.13 bits per heavy atom. The summed E-state index contributed by atoms with van der Waals surface area (Å²) in [6.07, 6.45) is 0.996. The second-order valence-electron chi connectivity index (χ2n) is 8.66. The number of fused-ring (bicyclic) bond motifs is 1. The molecule has 0 N–H and O–H groups in total. The van der Waals surface area contributed by atoms with E-state index in [4.69, 9.17) is 9.47 Å². The average Bonchev–Trinajstić information content (AvgIpc) is 2.75. The zero-order valence-corrected chi connectivity index (χ0v) is 18.8. The molecule has 2 saturated heterocycles. The Morgan fingerprint density at radius 3 is 2.48 bits per heavy atom. The lowest BCUT2D eigenvalue weighted by atomic mass is 9.94. The van der Waals surface area contributed by atoms with Crippen LogP contribution in [0.4, 0.5) is 5.69 Å². The Hall–Kier alpha value is -2.17. The topological polar surface area (TPSA) is 96.5 Å². The summed E-state index contributed by atoms with van der Waals surface area (Å²) in [6, 6.07) is 4.53. The first-order valence-corrected chi connectivity index (χ1v) is 12.1. The minimum Gasteiger partial charge on any atom is -0.482 e. The van der Waals surface area contributed by atoms with Crippen LogP contribution in [-0.2, 0) is 24.3 Å². The van der Waals surface area contributed by atoms with Gasteiger partial charge >= 0.3 is 0 Å². The van der Waals surface area contributed by atoms with Gasteiger partial charge in [0.05, 0.1) is 23.8 Å². The molecule has 3 heterocycles. The summed E-state index contributed by atoms with van der Waals surface area (Å²) in [5.41, 5.74) is 0.317. The Balaban J connectivity index is 1.61. The van der Waals surface area contributed by atoms with Gasteiger partial charge in [0, 0.05) is 26.2 Å². The summed E-state index contributed by atoms with van der Waals surface area (Å²) in [5, 5.41) is 0. The highest BCUT2D eigenvalue weighted by Gasteiger charge is 2.34.